The van der Waals surface area contributed by atoms with Crippen LogP contribution in [0.4, 0.5) is 5.69 Å². The Hall–Kier alpha value is -3.85. The Morgan fingerprint density at radius 1 is 0.929 bits per heavy atom. The Labute approximate surface area is 250 Å². The quantitative estimate of drug-likeness (QED) is 0.287. The zero-order valence-electron chi connectivity index (χ0n) is 25.7. The van der Waals surface area contributed by atoms with Gasteiger partial charge in [0.15, 0.2) is 0 Å². The van der Waals surface area contributed by atoms with Crippen LogP contribution >= 0.6 is 0 Å². The van der Waals surface area contributed by atoms with Gasteiger partial charge < -0.3 is 15.0 Å². The maximum Gasteiger partial charge on any atom is 0.264 e. The first-order valence-corrected chi connectivity index (χ1v) is 15.7. The van der Waals surface area contributed by atoms with Crippen LogP contribution in [0.5, 0.6) is 5.75 Å². The molecular formula is C33H43N3O5S. The molecule has 1 N–H and O–H groups in total. The number of rotatable bonds is 13. The van der Waals surface area contributed by atoms with Gasteiger partial charge in [0.05, 0.1) is 17.7 Å². The third kappa shape index (κ3) is 8.12. The first-order chi connectivity index (χ1) is 19.9. The third-order valence-corrected chi connectivity index (χ3v) is 9.01. The molecule has 0 aliphatic carbocycles. The van der Waals surface area contributed by atoms with Crippen molar-refractivity contribution in [3.63, 3.8) is 0 Å². The summed E-state index contributed by atoms with van der Waals surface area (Å²) in [7, 11) is -2.56. The number of ether oxygens (including phenoxy) is 1. The standard InChI is InChI=1S/C33H43N3O5S/c1-8-31(33(38)34-20-23(2)3)35(21-27-10-9-11-29(19-27)41-7)32(37)22-36(28-15-14-25(5)26(6)18-28)42(39,40)30-16-12-24(4)13-17-30/h9-19,23,31H,8,20-22H2,1-7H3,(H,34,38)/t31-/m1/s1. The van der Waals surface area contributed by atoms with E-state index in [0.29, 0.717) is 24.4 Å². The molecule has 3 aromatic rings. The maximum absolute atomic E-state index is 14.2. The molecular weight excluding hydrogens is 550 g/mol. The van der Waals surface area contributed by atoms with E-state index in [1.54, 1.807) is 49.6 Å². The zero-order valence-corrected chi connectivity index (χ0v) is 26.5. The Balaban J connectivity index is 2.08. The highest BCUT2D eigenvalue weighted by Crippen LogP contribution is 2.27. The summed E-state index contributed by atoms with van der Waals surface area (Å²) in [5, 5.41) is 2.95. The summed E-state index contributed by atoms with van der Waals surface area (Å²) >= 11 is 0. The number of carbonyl (C=O) groups is 2. The number of benzene rings is 3. The van der Waals surface area contributed by atoms with E-state index in [-0.39, 0.29) is 23.3 Å². The minimum absolute atomic E-state index is 0.0835. The lowest BCUT2D eigenvalue weighted by molar-refractivity contribution is -0.140. The van der Waals surface area contributed by atoms with Gasteiger partial charge in [-0.05, 0) is 86.2 Å². The minimum Gasteiger partial charge on any atom is -0.497 e. The van der Waals surface area contributed by atoms with Crippen molar-refractivity contribution in [2.45, 2.75) is 65.4 Å². The second-order valence-electron chi connectivity index (χ2n) is 11.0. The Morgan fingerprint density at radius 3 is 2.21 bits per heavy atom. The van der Waals surface area contributed by atoms with Crippen LogP contribution < -0.4 is 14.4 Å². The van der Waals surface area contributed by atoms with Crippen molar-refractivity contribution in [2.75, 3.05) is 24.5 Å². The lowest BCUT2D eigenvalue weighted by Gasteiger charge is -2.33. The number of hydrogen-bond acceptors (Lipinski definition) is 5. The summed E-state index contributed by atoms with van der Waals surface area (Å²) in [4.78, 5) is 29.1. The highest BCUT2D eigenvalue weighted by molar-refractivity contribution is 7.92. The van der Waals surface area contributed by atoms with E-state index < -0.39 is 28.5 Å². The number of amides is 2. The fourth-order valence-electron chi connectivity index (χ4n) is 4.56. The van der Waals surface area contributed by atoms with Gasteiger partial charge in [-0.1, -0.05) is 56.7 Å². The molecule has 0 fully saturated rings. The summed E-state index contributed by atoms with van der Waals surface area (Å²) in [6, 6.07) is 18.4. The van der Waals surface area contributed by atoms with Crippen LogP contribution in [-0.2, 0) is 26.2 Å². The Morgan fingerprint density at radius 2 is 1.62 bits per heavy atom. The molecule has 0 aliphatic heterocycles. The predicted molar refractivity (Wildman–Crippen MR) is 167 cm³/mol. The Bertz CT molecular complexity index is 1490. The number of nitrogens with one attached hydrogen (secondary N) is 1. The molecule has 8 nitrogen and oxygen atoms in total. The number of anilines is 1. The van der Waals surface area contributed by atoms with E-state index in [1.807, 2.05) is 65.8 Å². The molecule has 0 unspecified atom stereocenters. The topological polar surface area (TPSA) is 96.0 Å². The molecule has 0 heterocycles. The predicted octanol–water partition coefficient (Wildman–Crippen LogP) is 5.40. The molecule has 0 bridgehead atoms. The van der Waals surface area contributed by atoms with Crippen LogP contribution in [0.3, 0.4) is 0 Å². The van der Waals surface area contributed by atoms with E-state index in [1.165, 1.54) is 4.90 Å². The molecule has 0 aromatic heterocycles. The van der Waals surface area contributed by atoms with Gasteiger partial charge in [-0.15, -0.1) is 0 Å². The van der Waals surface area contributed by atoms with Crippen molar-refractivity contribution in [3.8, 4) is 5.75 Å². The van der Waals surface area contributed by atoms with Crippen LogP contribution in [0.15, 0.2) is 71.6 Å². The zero-order chi connectivity index (χ0) is 31.0. The molecule has 9 heteroatoms. The molecule has 3 aromatic carbocycles. The van der Waals surface area contributed by atoms with Crippen molar-refractivity contribution in [1.82, 2.24) is 10.2 Å². The summed E-state index contributed by atoms with van der Waals surface area (Å²) in [6.45, 7) is 11.7. The molecule has 0 spiro atoms. The van der Waals surface area contributed by atoms with Crippen molar-refractivity contribution in [1.29, 1.82) is 0 Å². The van der Waals surface area contributed by atoms with Crippen LogP contribution in [-0.4, -0.2) is 51.4 Å². The monoisotopic (exact) mass is 593 g/mol. The molecule has 1 atom stereocenters. The smallest absolute Gasteiger partial charge is 0.264 e. The highest BCUT2D eigenvalue weighted by atomic mass is 32.2. The molecule has 3 rings (SSSR count). The van der Waals surface area contributed by atoms with E-state index in [0.717, 1.165) is 26.6 Å². The largest absolute Gasteiger partial charge is 0.497 e. The summed E-state index contributed by atoms with van der Waals surface area (Å²) in [5.74, 6) is 0.0877. The second kappa shape index (κ2) is 14.4. The second-order valence-corrected chi connectivity index (χ2v) is 12.9. The molecule has 0 aliphatic rings. The molecule has 2 amide bonds. The van der Waals surface area contributed by atoms with Gasteiger partial charge in [0.1, 0.15) is 18.3 Å². The molecule has 0 saturated heterocycles. The van der Waals surface area contributed by atoms with E-state index in [4.69, 9.17) is 4.74 Å². The number of methoxy groups -OCH3 is 1. The van der Waals surface area contributed by atoms with Crippen molar-refractivity contribution >= 4 is 27.5 Å². The first-order valence-electron chi connectivity index (χ1n) is 14.2. The third-order valence-electron chi connectivity index (χ3n) is 7.22. The van der Waals surface area contributed by atoms with Crippen LogP contribution in [0.1, 0.15) is 49.4 Å². The van der Waals surface area contributed by atoms with Gasteiger partial charge in [0.25, 0.3) is 10.0 Å². The van der Waals surface area contributed by atoms with Crippen LogP contribution in [0.25, 0.3) is 0 Å². The van der Waals surface area contributed by atoms with Gasteiger partial charge in [0, 0.05) is 13.1 Å². The SMILES string of the molecule is CC[C@H](C(=O)NCC(C)C)N(Cc1cccc(OC)c1)C(=O)CN(c1ccc(C)c(C)c1)S(=O)(=O)c1ccc(C)cc1. The summed E-state index contributed by atoms with van der Waals surface area (Å²) in [5.41, 5.74) is 3.97. The van der Waals surface area contributed by atoms with Crippen LogP contribution in [0, 0.1) is 26.7 Å². The number of nitrogens with zero attached hydrogens (tertiary/aromatic N) is 2. The van der Waals surface area contributed by atoms with Crippen molar-refractivity contribution in [3.05, 3.63) is 89.0 Å². The van der Waals surface area contributed by atoms with Gasteiger partial charge in [-0.25, -0.2) is 8.42 Å². The van der Waals surface area contributed by atoms with Crippen molar-refractivity contribution < 1.29 is 22.7 Å². The number of aryl methyl sites for hydroxylation is 3. The maximum atomic E-state index is 14.2. The number of carbonyl (C=O) groups excluding carboxylic acids is 2. The number of sulfonamides is 1. The fourth-order valence-corrected chi connectivity index (χ4v) is 5.96. The lowest BCUT2D eigenvalue weighted by Crippen LogP contribution is -2.52. The Kier molecular flexibility index (Phi) is 11.2. The number of hydrogen-bond donors (Lipinski definition) is 1. The fraction of sp³-hybridized carbons (Fsp3) is 0.394. The summed E-state index contributed by atoms with van der Waals surface area (Å²) < 4.78 is 34.6. The van der Waals surface area contributed by atoms with Gasteiger partial charge in [-0.2, -0.15) is 0 Å². The normalized spacial score (nSPS) is 12.1. The van der Waals surface area contributed by atoms with E-state index in [9.17, 15) is 18.0 Å². The van der Waals surface area contributed by atoms with Gasteiger partial charge in [-0.3, -0.25) is 13.9 Å². The first kappa shape index (κ1) is 32.7. The molecule has 42 heavy (non-hydrogen) atoms. The van der Waals surface area contributed by atoms with Crippen molar-refractivity contribution in [2.24, 2.45) is 5.92 Å². The molecule has 0 radical (unpaired) electrons. The van der Waals surface area contributed by atoms with E-state index >= 15 is 0 Å². The average Bonchev–Trinajstić information content (AvgIpc) is 2.96. The average molecular weight is 594 g/mol. The van der Waals surface area contributed by atoms with Gasteiger partial charge in [0.2, 0.25) is 11.8 Å². The lowest BCUT2D eigenvalue weighted by atomic mass is 10.1. The van der Waals surface area contributed by atoms with E-state index in [2.05, 4.69) is 5.32 Å². The molecule has 226 valence electrons. The van der Waals surface area contributed by atoms with Gasteiger partial charge >= 0.3 is 0 Å². The minimum atomic E-state index is -4.12. The highest BCUT2D eigenvalue weighted by Gasteiger charge is 2.34. The molecule has 0 saturated carbocycles. The van der Waals surface area contributed by atoms with Crippen LogP contribution in [0.2, 0.25) is 0 Å². The summed E-state index contributed by atoms with van der Waals surface area (Å²) in [6.07, 6.45) is 0.355.